The van der Waals surface area contributed by atoms with E-state index < -0.39 is 22.1 Å². The number of nitrogens with zero attached hydrogens (tertiary/aromatic N) is 1. The summed E-state index contributed by atoms with van der Waals surface area (Å²) in [5, 5.41) is 19.6. The molecule has 0 atom stereocenters. The van der Waals surface area contributed by atoms with E-state index in [9.17, 15) is 14.9 Å². The second-order valence-electron chi connectivity index (χ2n) is 2.76. The van der Waals surface area contributed by atoms with E-state index in [1.807, 2.05) is 0 Å². The van der Waals surface area contributed by atoms with Gasteiger partial charge in [0.25, 0.3) is 0 Å². The highest BCUT2D eigenvalue weighted by molar-refractivity contribution is 5.94. The number of aromatic carboxylic acids is 1. The van der Waals surface area contributed by atoms with Gasteiger partial charge in [-0.2, -0.15) is 0 Å². The van der Waals surface area contributed by atoms with Crippen molar-refractivity contribution in [2.45, 2.75) is 0 Å². The van der Waals surface area contributed by atoms with E-state index in [2.05, 4.69) is 0 Å². The third-order valence-electron chi connectivity index (χ3n) is 1.93. The monoisotopic (exact) mass is 227 g/mol. The van der Waals surface area contributed by atoms with Gasteiger partial charge in [-0.1, -0.05) is 0 Å². The van der Waals surface area contributed by atoms with Crippen molar-refractivity contribution in [1.29, 1.82) is 0 Å². The first-order valence-corrected chi connectivity index (χ1v) is 4.15. The van der Waals surface area contributed by atoms with E-state index >= 15 is 0 Å². The summed E-state index contributed by atoms with van der Waals surface area (Å²) in [6.07, 6.45) is 0. The number of carbonyl (C=O) groups is 1. The van der Waals surface area contributed by atoms with Crippen LogP contribution in [0.2, 0.25) is 0 Å². The fourth-order valence-corrected chi connectivity index (χ4v) is 1.26. The van der Waals surface area contributed by atoms with Crippen LogP contribution in [-0.4, -0.2) is 30.2 Å². The number of carboxylic acids is 1. The molecule has 0 aliphatic rings. The summed E-state index contributed by atoms with van der Waals surface area (Å²) in [4.78, 5) is 20.8. The van der Waals surface area contributed by atoms with Gasteiger partial charge in [-0.3, -0.25) is 10.1 Å². The lowest BCUT2D eigenvalue weighted by atomic mass is 10.1. The van der Waals surface area contributed by atoms with Gasteiger partial charge in [0.05, 0.1) is 19.1 Å². The minimum Gasteiger partial charge on any atom is -0.493 e. The Bertz CT molecular complexity index is 442. The van der Waals surface area contributed by atoms with Gasteiger partial charge in [0.15, 0.2) is 5.75 Å². The quantitative estimate of drug-likeness (QED) is 0.614. The molecule has 0 fully saturated rings. The Labute approximate surface area is 90.4 Å². The molecule has 1 aromatic carbocycles. The van der Waals surface area contributed by atoms with Crippen LogP contribution in [0.3, 0.4) is 0 Å². The normalized spacial score (nSPS) is 9.62. The molecule has 16 heavy (non-hydrogen) atoms. The molecular formula is C9H9NO6. The fraction of sp³-hybridized carbons (Fsp3) is 0.222. The zero-order valence-electron chi connectivity index (χ0n) is 8.59. The summed E-state index contributed by atoms with van der Waals surface area (Å²) >= 11 is 0. The summed E-state index contributed by atoms with van der Waals surface area (Å²) in [5.41, 5.74) is -1.06. The molecule has 0 saturated carbocycles. The third kappa shape index (κ3) is 1.88. The molecule has 1 N–H and O–H groups in total. The molecule has 0 bridgehead atoms. The lowest BCUT2D eigenvalue weighted by Crippen LogP contribution is -2.05. The maximum Gasteiger partial charge on any atom is 0.342 e. The highest BCUT2D eigenvalue weighted by Gasteiger charge is 2.28. The molecule has 0 aliphatic heterocycles. The van der Waals surface area contributed by atoms with Crippen LogP contribution >= 0.6 is 0 Å². The molecule has 1 aromatic rings. The van der Waals surface area contributed by atoms with Gasteiger partial charge in [-0.15, -0.1) is 0 Å². The Hall–Kier alpha value is -2.31. The Morgan fingerprint density at radius 2 is 2.00 bits per heavy atom. The van der Waals surface area contributed by atoms with Crippen LogP contribution < -0.4 is 9.47 Å². The lowest BCUT2D eigenvalue weighted by molar-refractivity contribution is -0.386. The third-order valence-corrected chi connectivity index (χ3v) is 1.93. The number of rotatable bonds is 4. The number of carboxylic acid groups (broad SMARTS) is 1. The first-order chi connectivity index (χ1) is 7.52. The van der Waals surface area contributed by atoms with Crippen molar-refractivity contribution in [2.24, 2.45) is 0 Å². The Balaban J connectivity index is 3.56. The SMILES string of the molecule is COc1ccc(C(=O)O)c([N+](=O)[O-])c1OC. The molecule has 0 radical (unpaired) electrons. The van der Waals surface area contributed by atoms with E-state index in [4.69, 9.17) is 14.6 Å². The first kappa shape index (κ1) is 11.8. The van der Waals surface area contributed by atoms with Crippen molar-refractivity contribution in [3.05, 3.63) is 27.8 Å². The van der Waals surface area contributed by atoms with Gasteiger partial charge in [0, 0.05) is 0 Å². The molecule has 1 rings (SSSR count). The van der Waals surface area contributed by atoms with Gasteiger partial charge in [-0.25, -0.2) is 4.79 Å². The molecule has 0 aliphatic carbocycles. The second kappa shape index (κ2) is 4.47. The zero-order chi connectivity index (χ0) is 12.3. The number of hydrogen-bond acceptors (Lipinski definition) is 5. The average Bonchev–Trinajstić information content (AvgIpc) is 2.26. The van der Waals surface area contributed by atoms with Gasteiger partial charge >= 0.3 is 11.7 Å². The largest absolute Gasteiger partial charge is 0.493 e. The smallest absolute Gasteiger partial charge is 0.342 e. The van der Waals surface area contributed by atoms with Crippen molar-refractivity contribution < 1.29 is 24.3 Å². The Kier molecular flexibility index (Phi) is 3.29. The molecule has 86 valence electrons. The predicted octanol–water partition coefficient (Wildman–Crippen LogP) is 1.31. The number of benzene rings is 1. The van der Waals surface area contributed by atoms with Crippen molar-refractivity contribution in [1.82, 2.24) is 0 Å². The highest BCUT2D eigenvalue weighted by Crippen LogP contribution is 2.39. The zero-order valence-corrected chi connectivity index (χ0v) is 8.59. The van der Waals surface area contributed by atoms with E-state index in [1.54, 1.807) is 0 Å². The summed E-state index contributed by atoms with van der Waals surface area (Å²) in [7, 11) is 2.51. The Morgan fingerprint density at radius 1 is 1.38 bits per heavy atom. The minimum absolute atomic E-state index is 0.110. The summed E-state index contributed by atoms with van der Waals surface area (Å²) in [6.45, 7) is 0. The first-order valence-electron chi connectivity index (χ1n) is 4.15. The molecule has 7 heteroatoms. The van der Waals surface area contributed by atoms with Crippen LogP contribution in [0, 0.1) is 10.1 Å². The molecule has 7 nitrogen and oxygen atoms in total. The van der Waals surface area contributed by atoms with E-state index in [0.717, 1.165) is 6.07 Å². The molecule has 0 aromatic heterocycles. The van der Waals surface area contributed by atoms with Crippen LogP contribution in [0.4, 0.5) is 5.69 Å². The number of nitro benzene ring substituents is 1. The van der Waals surface area contributed by atoms with E-state index in [1.165, 1.54) is 20.3 Å². The van der Waals surface area contributed by atoms with Gasteiger partial charge in [-0.05, 0) is 12.1 Å². The predicted molar refractivity (Wildman–Crippen MR) is 53.2 cm³/mol. The van der Waals surface area contributed by atoms with Crippen molar-refractivity contribution >= 4 is 11.7 Å². The summed E-state index contributed by atoms with van der Waals surface area (Å²) < 4.78 is 9.63. The van der Waals surface area contributed by atoms with E-state index in [-0.39, 0.29) is 11.5 Å². The fourth-order valence-electron chi connectivity index (χ4n) is 1.26. The van der Waals surface area contributed by atoms with Crippen molar-refractivity contribution in [2.75, 3.05) is 14.2 Å². The molecule has 0 spiro atoms. The van der Waals surface area contributed by atoms with Crippen LogP contribution in [0.15, 0.2) is 12.1 Å². The van der Waals surface area contributed by atoms with Crippen molar-refractivity contribution in [3.8, 4) is 11.5 Å². The summed E-state index contributed by atoms with van der Waals surface area (Å²) in [6, 6.07) is 2.40. The number of methoxy groups -OCH3 is 2. The number of hydrogen-bond donors (Lipinski definition) is 1. The average molecular weight is 227 g/mol. The van der Waals surface area contributed by atoms with Crippen LogP contribution in [0.25, 0.3) is 0 Å². The number of nitro groups is 1. The van der Waals surface area contributed by atoms with Gasteiger partial charge in [0.1, 0.15) is 5.56 Å². The highest BCUT2D eigenvalue weighted by atomic mass is 16.6. The topological polar surface area (TPSA) is 98.9 Å². The standard InChI is InChI=1S/C9H9NO6/c1-15-6-4-3-5(9(11)12)7(10(13)14)8(6)16-2/h3-4H,1-2H3,(H,11,12). The maximum atomic E-state index is 10.8. The van der Waals surface area contributed by atoms with E-state index in [0.29, 0.717) is 0 Å². The molecule has 0 amide bonds. The van der Waals surface area contributed by atoms with Crippen LogP contribution in [-0.2, 0) is 0 Å². The van der Waals surface area contributed by atoms with Crippen molar-refractivity contribution in [3.63, 3.8) is 0 Å². The molecule has 0 heterocycles. The Morgan fingerprint density at radius 3 is 2.38 bits per heavy atom. The van der Waals surface area contributed by atoms with Gasteiger partial charge in [0.2, 0.25) is 5.75 Å². The minimum atomic E-state index is -1.40. The van der Waals surface area contributed by atoms with Crippen LogP contribution in [0.5, 0.6) is 11.5 Å². The van der Waals surface area contributed by atoms with Gasteiger partial charge < -0.3 is 14.6 Å². The molecule has 0 unspecified atom stereocenters. The number of ether oxygens (including phenoxy) is 2. The molecule has 0 saturated heterocycles. The maximum absolute atomic E-state index is 10.8. The summed E-state index contributed by atoms with van der Waals surface area (Å²) in [5.74, 6) is -1.49. The second-order valence-corrected chi connectivity index (χ2v) is 2.76. The molecular weight excluding hydrogens is 218 g/mol. The van der Waals surface area contributed by atoms with Crippen LogP contribution in [0.1, 0.15) is 10.4 Å². The lowest BCUT2D eigenvalue weighted by Gasteiger charge is -2.08.